The third-order valence-electron chi connectivity index (χ3n) is 3.32. The lowest BCUT2D eigenvalue weighted by atomic mass is 10.2. The molecule has 3 N–H and O–H groups in total. The zero-order valence-corrected chi connectivity index (χ0v) is 10.7. The molecule has 6 nitrogen and oxygen atoms in total. The fraction of sp³-hybridized carbons (Fsp3) is 0.818. The number of nitrogens with one attached hydrogen (secondary N) is 1. The highest BCUT2D eigenvalue weighted by molar-refractivity contribution is 5.00. The number of hydrogen-bond donors (Lipinski definition) is 2. The summed E-state index contributed by atoms with van der Waals surface area (Å²) in [6.45, 7) is 3.86. The Labute approximate surface area is 102 Å². The predicted molar refractivity (Wildman–Crippen MR) is 66.6 cm³/mol. The molecule has 0 aliphatic carbocycles. The summed E-state index contributed by atoms with van der Waals surface area (Å²) in [6.07, 6.45) is 1.84. The first-order valence-electron chi connectivity index (χ1n) is 6.20. The number of likely N-dealkylation sites (N-methyl/N-ethyl adjacent to an activating group) is 2. The minimum absolute atomic E-state index is 0.302. The van der Waals surface area contributed by atoms with E-state index in [4.69, 9.17) is 5.73 Å². The second-order valence-corrected chi connectivity index (χ2v) is 4.79. The van der Waals surface area contributed by atoms with Gasteiger partial charge in [0.15, 0.2) is 5.82 Å². The van der Waals surface area contributed by atoms with E-state index in [1.54, 1.807) is 0 Å². The molecule has 0 amide bonds. The van der Waals surface area contributed by atoms with Crippen LogP contribution in [0.1, 0.15) is 24.1 Å². The molecule has 6 heteroatoms. The van der Waals surface area contributed by atoms with Crippen molar-refractivity contribution in [1.29, 1.82) is 0 Å². The van der Waals surface area contributed by atoms with E-state index in [1.165, 1.54) is 0 Å². The van der Waals surface area contributed by atoms with Crippen molar-refractivity contribution >= 4 is 0 Å². The zero-order chi connectivity index (χ0) is 12.3. The number of aromatic amines is 1. The molecule has 1 aliphatic rings. The zero-order valence-electron chi connectivity index (χ0n) is 10.7. The maximum Gasteiger partial charge on any atom is 0.169 e. The van der Waals surface area contributed by atoms with Crippen LogP contribution < -0.4 is 5.73 Å². The Bertz CT molecular complexity index is 349. The summed E-state index contributed by atoms with van der Waals surface area (Å²) in [5.41, 5.74) is 5.49. The summed E-state index contributed by atoms with van der Waals surface area (Å²) in [4.78, 5) is 9.20. The molecule has 1 fully saturated rings. The average molecular weight is 238 g/mol. The van der Waals surface area contributed by atoms with Gasteiger partial charge >= 0.3 is 0 Å². The Hall–Kier alpha value is -0.980. The van der Waals surface area contributed by atoms with Gasteiger partial charge in [0.2, 0.25) is 0 Å². The van der Waals surface area contributed by atoms with Gasteiger partial charge in [-0.15, -0.1) is 0 Å². The topological polar surface area (TPSA) is 74.1 Å². The van der Waals surface area contributed by atoms with Crippen molar-refractivity contribution in [1.82, 2.24) is 25.0 Å². The van der Waals surface area contributed by atoms with E-state index in [0.29, 0.717) is 12.6 Å². The van der Waals surface area contributed by atoms with Crippen LogP contribution in [0.4, 0.5) is 0 Å². The van der Waals surface area contributed by atoms with Crippen LogP contribution in [-0.2, 0) is 6.42 Å². The van der Waals surface area contributed by atoms with Crippen molar-refractivity contribution in [2.24, 2.45) is 5.73 Å². The number of H-pyrrole nitrogens is 1. The summed E-state index contributed by atoms with van der Waals surface area (Å²) in [5, 5.41) is 7.34. The van der Waals surface area contributed by atoms with Crippen LogP contribution in [0.25, 0.3) is 0 Å². The SMILES string of the molecule is CN1CCN(C)C(c2n[nH]c(CCCN)n2)C1. The van der Waals surface area contributed by atoms with E-state index in [9.17, 15) is 0 Å². The van der Waals surface area contributed by atoms with Gasteiger partial charge in [0.05, 0.1) is 6.04 Å². The van der Waals surface area contributed by atoms with Gasteiger partial charge in [-0.1, -0.05) is 0 Å². The number of piperazine rings is 1. The smallest absolute Gasteiger partial charge is 0.169 e. The number of nitrogens with zero attached hydrogens (tertiary/aromatic N) is 4. The van der Waals surface area contributed by atoms with E-state index < -0.39 is 0 Å². The largest absolute Gasteiger partial charge is 0.330 e. The average Bonchev–Trinajstić information content (AvgIpc) is 2.78. The fourth-order valence-electron chi connectivity index (χ4n) is 2.13. The molecule has 96 valence electrons. The highest BCUT2D eigenvalue weighted by atomic mass is 15.3. The third kappa shape index (κ3) is 3.02. The van der Waals surface area contributed by atoms with E-state index in [2.05, 4.69) is 39.1 Å². The van der Waals surface area contributed by atoms with Gasteiger partial charge in [0.25, 0.3) is 0 Å². The van der Waals surface area contributed by atoms with Crippen molar-refractivity contribution in [2.45, 2.75) is 18.9 Å². The number of aromatic nitrogens is 3. The molecule has 0 radical (unpaired) electrons. The van der Waals surface area contributed by atoms with Gasteiger partial charge in [0, 0.05) is 26.1 Å². The maximum absolute atomic E-state index is 5.49. The van der Waals surface area contributed by atoms with Crippen LogP contribution >= 0.6 is 0 Å². The van der Waals surface area contributed by atoms with E-state index >= 15 is 0 Å². The normalized spacial score (nSPS) is 23.1. The van der Waals surface area contributed by atoms with Crippen LogP contribution in [0.5, 0.6) is 0 Å². The molecule has 1 atom stereocenters. The maximum atomic E-state index is 5.49. The Morgan fingerprint density at radius 2 is 2.24 bits per heavy atom. The molecule has 0 aromatic carbocycles. The molecule has 1 unspecified atom stereocenters. The van der Waals surface area contributed by atoms with Gasteiger partial charge in [-0.05, 0) is 27.1 Å². The molecule has 1 aromatic heterocycles. The Morgan fingerprint density at radius 3 is 3.00 bits per heavy atom. The Kier molecular flexibility index (Phi) is 4.09. The van der Waals surface area contributed by atoms with Gasteiger partial charge in [0.1, 0.15) is 5.82 Å². The van der Waals surface area contributed by atoms with Crippen LogP contribution in [-0.4, -0.2) is 65.3 Å². The second-order valence-electron chi connectivity index (χ2n) is 4.79. The Morgan fingerprint density at radius 1 is 1.41 bits per heavy atom. The molecule has 1 aromatic rings. The van der Waals surface area contributed by atoms with Crippen LogP contribution in [0.2, 0.25) is 0 Å². The minimum atomic E-state index is 0.302. The first kappa shape index (κ1) is 12.5. The molecule has 1 aliphatic heterocycles. The van der Waals surface area contributed by atoms with Crippen molar-refractivity contribution in [3.8, 4) is 0 Å². The lowest BCUT2D eigenvalue weighted by Gasteiger charge is -2.35. The lowest BCUT2D eigenvalue weighted by molar-refractivity contribution is 0.110. The van der Waals surface area contributed by atoms with Crippen molar-refractivity contribution in [3.05, 3.63) is 11.6 Å². The van der Waals surface area contributed by atoms with Crippen molar-refractivity contribution in [2.75, 3.05) is 40.3 Å². The van der Waals surface area contributed by atoms with E-state index in [-0.39, 0.29) is 0 Å². The second kappa shape index (κ2) is 5.57. The van der Waals surface area contributed by atoms with Gasteiger partial charge in [-0.3, -0.25) is 10.00 Å². The molecular formula is C11H22N6. The standard InChI is InChI=1S/C11H22N6/c1-16-6-7-17(2)9(8-16)11-13-10(14-15-11)4-3-5-12/h9H,3-8,12H2,1-2H3,(H,13,14,15). The quantitative estimate of drug-likeness (QED) is 0.747. The first-order chi connectivity index (χ1) is 8.20. The molecular weight excluding hydrogens is 216 g/mol. The van der Waals surface area contributed by atoms with Gasteiger partial charge in [-0.25, -0.2) is 4.98 Å². The van der Waals surface area contributed by atoms with Crippen molar-refractivity contribution in [3.63, 3.8) is 0 Å². The summed E-state index contributed by atoms with van der Waals surface area (Å²) >= 11 is 0. The molecule has 0 saturated carbocycles. The summed E-state index contributed by atoms with van der Waals surface area (Å²) in [6, 6.07) is 0.302. The van der Waals surface area contributed by atoms with Crippen LogP contribution in [0, 0.1) is 0 Å². The molecule has 2 rings (SSSR count). The monoisotopic (exact) mass is 238 g/mol. The van der Waals surface area contributed by atoms with Crippen LogP contribution in [0.3, 0.4) is 0 Å². The van der Waals surface area contributed by atoms with Gasteiger partial charge in [-0.2, -0.15) is 5.10 Å². The predicted octanol–water partition coefficient (Wildman–Crippen LogP) is -0.386. The summed E-state index contributed by atoms with van der Waals surface area (Å²) in [5.74, 6) is 1.86. The lowest BCUT2D eigenvalue weighted by Crippen LogP contribution is -2.45. The summed E-state index contributed by atoms with van der Waals surface area (Å²) < 4.78 is 0. The highest BCUT2D eigenvalue weighted by Crippen LogP contribution is 2.20. The van der Waals surface area contributed by atoms with Crippen molar-refractivity contribution < 1.29 is 0 Å². The molecule has 1 saturated heterocycles. The number of nitrogens with two attached hydrogens (primary N) is 1. The molecule has 2 heterocycles. The van der Waals surface area contributed by atoms with E-state index in [1.807, 2.05) is 0 Å². The number of rotatable bonds is 4. The number of aryl methyl sites for hydroxylation is 1. The Balaban J connectivity index is 2.02. The van der Waals surface area contributed by atoms with Gasteiger partial charge < -0.3 is 10.6 Å². The van der Waals surface area contributed by atoms with E-state index in [0.717, 1.165) is 44.1 Å². The molecule has 17 heavy (non-hydrogen) atoms. The third-order valence-corrected chi connectivity index (χ3v) is 3.32. The molecule has 0 spiro atoms. The van der Waals surface area contributed by atoms with Crippen LogP contribution in [0.15, 0.2) is 0 Å². The minimum Gasteiger partial charge on any atom is -0.330 e. The summed E-state index contributed by atoms with van der Waals surface area (Å²) in [7, 11) is 4.27. The first-order valence-corrected chi connectivity index (χ1v) is 6.20. The number of hydrogen-bond acceptors (Lipinski definition) is 5. The molecule has 0 bridgehead atoms. The fourth-order valence-corrected chi connectivity index (χ4v) is 2.13. The highest BCUT2D eigenvalue weighted by Gasteiger charge is 2.26.